The van der Waals surface area contributed by atoms with Crippen molar-refractivity contribution in [2.75, 3.05) is 11.9 Å². The molecule has 4 N–H and O–H groups in total. The van der Waals surface area contributed by atoms with E-state index < -0.39 is 35.4 Å². The fraction of sp³-hybridized carbons (Fsp3) is 0.565. The third-order valence-corrected chi connectivity index (χ3v) is 3.84. The van der Waals surface area contributed by atoms with E-state index in [0.717, 1.165) is 5.69 Å². The molecule has 0 bridgehead atoms. The zero-order chi connectivity index (χ0) is 25.1. The number of hydrogen-bond donors (Lipinski definition) is 4. The molecule has 1 rings (SSSR count). The molecule has 0 aliphatic rings. The Kier molecular flexibility index (Phi) is 10.6. The highest BCUT2D eigenvalue weighted by atomic mass is 16.6. The Morgan fingerprint density at radius 2 is 1.58 bits per heavy atom. The van der Waals surface area contributed by atoms with Crippen LogP contribution in [0.15, 0.2) is 35.3 Å². The monoisotopic (exact) mass is 464 g/mol. The number of carbonyl (C=O) groups excluding carboxylic acids is 2. The van der Waals surface area contributed by atoms with Crippen LogP contribution in [0.3, 0.4) is 0 Å². The van der Waals surface area contributed by atoms with Crippen molar-refractivity contribution in [2.24, 2.45) is 4.99 Å². The van der Waals surface area contributed by atoms with Crippen molar-refractivity contribution >= 4 is 29.8 Å². The lowest BCUT2D eigenvalue weighted by Gasteiger charge is -2.21. The number of aliphatic imine (C=N–C) groups is 1. The fourth-order valence-electron chi connectivity index (χ4n) is 2.56. The second kappa shape index (κ2) is 12.7. The molecule has 2 amide bonds. The van der Waals surface area contributed by atoms with Crippen LogP contribution in [-0.4, -0.2) is 53.0 Å². The van der Waals surface area contributed by atoms with Gasteiger partial charge in [0.2, 0.25) is 5.96 Å². The van der Waals surface area contributed by atoms with Gasteiger partial charge in [-0.2, -0.15) is 0 Å². The first-order chi connectivity index (χ1) is 15.2. The van der Waals surface area contributed by atoms with E-state index in [1.807, 2.05) is 18.2 Å². The predicted molar refractivity (Wildman–Crippen MR) is 126 cm³/mol. The molecule has 0 spiro atoms. The lowest BCUT2D eigenvalue weighted by atomic mass is 10.1. The van der Waals surface area contributed by atoms with Crippen LogP contribution in [0.5, 0.6) is 0 Å². The van der Waals surface area contributed by atoms with E-state index in [4.69, 9.17) is 9.47 Å². The van der Waals surface area contributed by atoms with Gasteiger partial charge in [-0.1, -0.05) is 18.2 Å². The van der Waals surface area contributed by atoms with Crippen LogP contribution in [0.2, 0.25) is 0 Å². The Morgan fingerprint density at radius 1 is 0.970 bits per heavy atom. The summed E-state index contributed by atoms with van der Waals surface area (Å²) in [5.74, 6) is -1.04. The number of unbranched alkanes of at least 4 members (excludes halogenated alkanes) is 1. The number of carboxylic acids is 1. The highest BCUT2D eigenvalue weighted by Gasteiger charge is 2.20. The van der Waals surface area contributed by atoms with Crippen molar-refractivity contribution in [1.82, 2.24) is 10.6 Å². The number of anilines is 1. The van der Waals surface area contributed by atoms with E-state index in [9.17, 15) is 19.5 Å². The topological polar surface area (TPSA) is 138 Å². The Balaban J connectivity index is 2.63. The molecule has 0 saturated heterocycles. The molecule has 10 nitrogen and oxygen atoms in total. The number of benzene rings is 1. The van der Waals surface area contributed by atoms with Gasteiger partial charge in [-0.05, 0) is 72.9 Å². The summed E-state index contributed by atoms with van der Waals surface area (Å²) < 4.78 is 10.4. The molecule has 1 atom stereocenters. The first-order valence-electron chi connectivity index (χ1n) is 10.8. The molecule has 0 saturated carbocycles. The number of aliphatic carboxylic acids is 1. The molecular formula is C23H36N4O6. The van der Waals surface area contributed by atoms with E-state index in [-0.39, 0.29) is 5.96 Å². The SMILES string of the molecule is CC(C)(C)OC(=O)N=C(NCCCC[C@H](Nc1ccccc1)C(=O)O)NC(=O)OC(C)(C)C. The molecule has 0 unspecified atom stereocenters. The summed E-state index contributed by atoms with van der Waals surface area (Å²) >= 11 is 0. The quantitative estimate of drug-likeness (QED) is 0.256. The maximum absolute atomic E-state index is 12.1. The summed E-state index contributed by atoms with van der Waals surface area (Å²) in [5, 5.41) is 17.7. The Bertz CT molecular complexity index is 812. The van der Waals surface area contributed by atoms with Gasteiger partial charge in [-0.3, -0.25) is 5.32 Å². The zero-order valence-corrected chi connectivity index (χ0v) is 20.2. The number of rotatable bonds is 8. The van der Waals surface area contributed by atoms with Crippen LogP contribution >= 0.6 is 0 Å². The van der Waals surface area contributed by atoms with E-state index in [2.05, 4.69) is 20.9 Å². The fourth-order valence-corrected chi connectivity index (χ4v) is 2.56. The summed E-state index contributed by atoms with van der Waals surface area (Å²) in [6.45, 7) is 10.6. The Labute approximate surface area is 195 Å². The molecule has 0 heterocycles. The molecule has 184 valence electrons. The summed E-state index contributed by atoms with van der Waals surface area (Å²) in [4.78, 5) is 39.4. The number of nitrogens with one attached hydrogen (secondary N) is 3. The largest absolute Gasteiger partial charge is 0.480 e. The minimum atomic E-state index is -0.939. The molecule has 0 fully saturated rings. The van der Waals surface area contributed by atoms with Crippen LogP contribution in [0.1, 0.15) is 60.8 Å². The molecule has 0 aliphatic heterocycles. The number of hydrogen-bond acceptors (Lipinski definition) is 6. The molecule has 0 aliphatic carbocycles. The van der Waals surface area contributed by atoms with E-state index >= 15 is 0 Å². The number of ether oxygens (including phenoxy) is 2. The van der Waals surface area contributed by atoms with Gasteiger partial charge in [0, 0.05) is 12.2 Å². The van der Waals surface area contributed by atoms with Gasteiger partial charge in [0.15, 0.2) is 0 Å². The summed E-state index contributed by atoms with van der Waals surface area (Å²) in [5.41, 5.74) is -0.732. The van der Waals surface area contributed by atoms with Gasteiger partial charge in [0.1, 0.15) is 17.2 Å². The second-order valence-corrected chi connectivity index (χ2v) is 9.39. The normalized spacial score (nSPS) is 13.0. The maximum atomic E-state index is 12.1. The standard InChI is InChI=1S/C23H36N4O6/c1-22(2,3)32-20(30)26-19(27-21(31)33-23(4,5)6)24-15-11-10-14-17(18(28)29)25-16-12-8-7-9-13-16/h7-9,12-13,17,25H,10-11,14-15H2,1-6H3,(H,28,29)(H2,24,26,27,30,31)/t17-/m0/s1. The molecule has 33 heavy (non-hydrogen) atoms. The third-order valence-electron chi connectivity index (χ3n) is 3.84. The molecule has 0 radical (unpaired) electrons. The number of amides is 2. The van der Waals surface area contributed by atoms with Crippen molar-refractivity contribution < 1.29 is 29.0 Å². The van der Waals surface area contributed by atoms with Gasteiger partial charge in [-0.25, -0.2) is 14.4 Å². The Hall–Kier alpha value is -3.30. The smallest absolute Gasteiger partial charge is 0.437 e. The van der Waals surface area contributed by atoms with Gasteiger partial charge in [0.05, 0.1) is 0 Å². The summed E-state index contributed by atoms with van der Waals surface area (Å²) in [6, 6.07) is 8.39. The maximum Gasteiger partial charge on any atom is 0.437 e. The van der Waals surface area contributed by atoms with Gasteiger partial charge in [0.25, 0.3) is 0 Å². The number of carboxylic acid groups (broad SMARTS) is 1. The first kappa shape index (κ1) is 27.7. The van der Waals surface area contributed by atoms with Crippen molar-refractivity contribution in [1.29, 1.82) is 0 Å². The van der Waals surface area contributed by atoms with Gasteiger partial charge >= 0.3 is 18.2 Å². The van der Waals surface area contributed by atoms with Gasteiger partial charge < -0.3 is 25.2 Å². The van der Waals surface area contributed by atoms with Crippen LogP contribution in [0, 0.1) is 0 Å². The van der Waals surface area contributed by atoms with Crippen LogP contribution in [-0.2, 0) is 14.3 Å². The first-order valence-corrected chi connectivity index (χ1v) is 10.8. The minimum Gasteiger partial charge on any atom is -0.480 e. The zero-order valence-electron chi connectivity index (χ0n) is 20.2. The minimum absolute atomic E-state index is 0.101. The highest BCUT2D eigenvalue weighted by molar-refractivity contribution is 5.98. The molecule has 1 aromatic carbocycles. The van der Waals surface area contributed by atoms with Crippen LogP contribution in [0.25, 0.3) is 0 Å². The van der Waals surface area contributed by atoms with E-state index in [1.54, 1.807) is 53.7 Å². The summed E-state index contributed by atoms with van der Waals surface area (Å²) in [7, 11) is 0. The molecular weight excluding hydrogens is 428 g/mol. The molecule has 1 aromatic rings. The van der Waals surface area contributed by atoms with Crippen molar-refractivity contribution in [3.05, 3.63) is 30.3 Å². The number of para-hydroxylation sites is 1. The highest BCUT2D eigenvalue weighted by Crippen LogP contribution is 2.12. The lowest BCUT2D eigenvalue weighted by Crippen LogP contribution is -2.44. The summed E-state index contributed by atoms with van der Waals surface area (Å²) in [6.07, 6.45) is -0.0851. The van der Waals surface area contributed by atoms with Gasteiger partial charge in [-0.15, -0.1) is 4.99 Å². The number of nitrogens with zero attached hydrogens (tertiary/aromatic N) is 1. The third kappa shape index (κ3) is 13.7. The van der Waals surface area contributed by atoms with Crippen molar-refractivity contribution in [3.8, 4) is 0 Å². The van der Waals surface area contributed by atoms with Crippen LogP contribution in [0.4, 0.5) is 15.3 Å². The predicted octanol–water partition coefficient (Wildman–Crippen LogP) is 4.13. The van der Waals surface area contributed by atoms with E-state index in [0.29, 0.717) is 25.8 Å². The number of guanidine groups is 1. The number of carbonyl (C=O) groups is 3. The second-order valence-electron chi connectivity index (χ2n) is 9.39. The Morgan fingerprint density at radius 3 is 2.12 bits per heavy atom. The van der Waals surface area contributed by atoms with Crippen molar-refractivity contribution in [2.45, 2.75) is 78.0 Å². The van der Waals surface area contributed by atoms with Crippen molar-refractivity contribution in [3.63, 3.8) is 0 Å². The average molecular weight is 465 g/mol. The lowest BCUT2D eigenvalue weighted by molar-refractivity contribution is -0.138. The van der Waals surface area contributed by atoms with E-state index in [1.165, 1.54) is 0 Å². The average Bonchev–Trinajstić information content (AvgIpc) is 2.64. The van der Waals surface area contributed by atoms with Crippen LogP contribution < -0.4 is 16.0 Å². The molecule has 0 aromatic heterocycles. The molecule has 10 heteroatoms. The number of alkyl carbamates (subject to hydrolysis) is 1.